The minimum absolute atomic E-state index is 0.464. The van der Waals surface area contributed by atoms with Gasteiger partial charge in [-0.15, -0.1) is 0 Å². The maximum absolute atomic E-state index is 5.98. The van der Waals surface area contributed by atoms with E-state index in [0.29, 0.717) is 12.2 Å². The number of nitrogens with zero attached hydrogens (tertiary/aromatic N) is 2. The quantitative estimate of drug-likeness (QED) is 0.780. The van der Waals surface area contributed by atoms with Gasteiger partial charge in [-0.25, -0.2) is 0 Å². The number of aromatic nitrogens is 1. The number of rotatable bonds is 2. The minimum atomic E-state index is 0.464. The monoisotopic (exact) mass is 232 g/mol. The third kappa shape index (κ3) is 2.50. The van der Waals surface area contributed by atoms with Gasteiger partial charge >= 0.3 is 0 Å². The molecule has 3 nitrogen and oxygen atoms in total. The van der Waals surface area contributed by atoms with E-state index < -0.39 is 0 Å². The molecule has 3 heteroatoms. The summed E-state index contributed by atoms with van der Waals surface area (Å²) in [7, 11) is 0. The maximum Gasteiger partial charge on any atom is 0.0735 e. The predicted molar refractivity (Wildman–Crippen MR) is 66.6 cm³/mol. The summed E-state index contributed by atoms with van der Waals surface area (Å²) in [6, 6.07) is 4.20. The van der Waals surface area contributed by atoms with Crippen LogP contribution in [0.15, 0.2) is 24.5 Å². The summed E-state index contributed by atoms with van der Waals surface area (Å²) in [5.41, 5.74) is 1.35. The molecule has 92 valence electrons. The largest absolute Gasteiger partial charge is 0.374 e. The number of piperidine rings is 1. The van der Waals surface area contributed by atoms with Gasteiger partial charge in [0.2, 0.25) is 0 Å². The van der Waals surface area contributed by atoms with E-state index in [1.807, 2.05) is 12.4 Å². The lowest BCUT2D eigenvalue weighted by Gasteiger charge is -2.34. The van der Waals surface area contributed by atoms with Crippen LogP contribution < -0.4 is 0 Å². The first kappa shape index (κ1) is 11.2. The van der Waals surface area contributed by atoms with Crippen LogP contribution in [0.25, 0.3) is 0 Å². The highest BCUT2D eigenvalue weighted by Gasteiger charge is 2.36. The molecule has 0 bridgehead atoms. The first-order valence-corrected chi connectivity index (χ1v) is 6.58. The standard InChI is InChI=1S/C14H20N2O/c1-11-8-13-4-7-16(10-14(13)17-11)9-12-2-5-15-6-3-12/h2-3,5-6,11,13-14H,4,7-10H2,1H3/t11-,13-,14+/m0/s1. The van der Waals surface area contributed by atoms with Crippen LogP contribution in [0.2, 0.25) is 0 Å². The van der Waals surface area contributed by atoms with E-state index >= 15 is 0 Å². The molecule has 3 rings (SSSR count). The topological polar surface area (TPSA) is 25.4 Å². The number of likely N-dealkylation sites (tertiary alicyclic amines) is 1. The van der Waals surface area contributed by atoms with Crippen LogP contribution in [-0.4, -0.2) is 35.2 Å². The van der Waals surface area contributed by atoms with Crippen LogP contribution >= 0.6 is 0 Å². The summed E-state index contributed by atoms with van der Waals surface area (Å²) in [6.45, 7) is 5.53. The van der Waals surface area contributed by atoms with Gasteiger partial charge in [0, 0.05) is 25.5 Å². The second-order valence-corrected chi connectivity index (χ2v) is 5.36. The molecule has 17 heavy (non-hydrogen) atoms. The third-order valence-electron chi connectivity index (χ3n) is 3.98. The van der Waals surface area contributed by atoms with Crippen LogP contribution in [0, 0.1) is 5.92 Å². The average molecular weight is 232 g/mol. The van der Waals surface area contributed by atoms with Crippen molar-refractivity contribution in [2.24, 2.45) is 5.92 Å². The van der Waals surface area contributed by atoms with Gasteiger partial charge in [-0.1, -0.05) is 0 Å². The SMILES string of the molecule is C[C@H]1C[C@@H]2CCN(Cc3ccncc3)C[C@H]2O1. The molecule has 0 aliphatic carbocycles. The minimum Gasteiger partial charge on any atom is -0.374 e. The van der Waals surface area contributed by atoms with Gasteiger partial charge in [0.1, 0.15) is 0 Å². The highest BCUT2D eigenvalue weighted by molar-refractivity contribution is 5.09. The van der Waals surface area contributed by atoms with Gasteiger partial charge < -0.3 is 4.74 Å². The van der Waals surface area contributed by atoms with Crippen molar-refractivity contribution in [2.75, 3.05) is 13.1 Å². The van der Waals surface area contributed by atoms with E-state index in [1.165, 1.54) is 24.9 Å². The molecule has 0 amide bonds. The van der Waals surface area contributed by atoms with E-state index in [2.05, 4.69) is 28.9 Å². The second-order valence-electron chi connectivity index (χ2n) is 5.36. The molecule has 0 saturated carbocycles. The number of pyridine rings is 1. The molecule has 0 unspecified atom stereocenters. The Labute approximate surface area is 103 Å². The van der Waals surface area contributed by atoms with Gasteiger partial charge in [0.25, 0.3) is 0 Å². The van der Waals surface area contributed by atoms with E-state index in [1.54, 1.807) is 0 Å². The Bertz CT molecular complexity index is 368. The molecule has 1 aromatic rings. The molecule has 0 aromatic carbocycles. The van der Waals surface area contributed by atoms with E-state index in [0.717, 1.165) is 19.0 Å². The Kier molecular flexibility index (Phi) is 3.12. The summed E-state index contributed by atoms with van der Waals surface area (Å²) in [4.78, 5) is 6.57. The molecule has 0 N–H and O–H groups in total. The van der Waals surface area contributed by atoms with Gasteiger partial charge in [-0.2, -0.15) is 0 Å². The molecule has 0 spiro atoms. The van der Waals surface area contributed by atoms with Crippen LogP contribution in [-0.2, 0) is 11.3 Å². The molecule has 0 radical (unpaired) electrons. The van der Waals surface area contributed by atoms with Crippen molar-refractivity contribution >= 4 is 0 Å². The summed E-state index contributed by atoms with van der Waals surface area (Å²) in [6.07, 6.45) is 7.23. The molecular formula is C14H20N2O. The fraction of sp³-hybridized carbons (Fsp3) is 0.643. The van der Waals surface area contributed by atoms with Crippen LogP contribution in [0.1, 0.15) is 25.3 Å². The number of hydrogen-bond donors (Lipinski definition) is 0. The lowest BCUT2D eigenvalue weighted by atomic mass is 9.92. The number of fused-ring (bicyclic) bond motifs is 1. The van der Waals surface area contributed by atoms with Crippen molar-refractivity contribution in [2.45, 2.75) is 38.5 Å². The average Bonchev–Trinajstić information content (AvgIpc) is 2.70. The Hall–Kier alpha value is -0.930. The van der Waals surface area contributed by atoms with Crippen molar-refractivity contribution < 1.29 is 4.74 Å². The Morgan fingerprint density at radius 1 is 1.41 bits per heavy atom. The van der Waals surface area contributed by atoms with Crippen molar-refractivity contribution in [3.63, 3.8) is 0 Å². The van der Waals surface area contributed by atoms with Crippen LogP contribution in [0.4, 0.5) is 0 Å². The maximum atomic E-state index is 5.98. The Balaban J connectivity index is 1.60. The lowest BCUT2D eigenvalue weighted by molar-refractivity contribution is -0.00276. The highest BCUT2D eigenvalue weighted by Crippen LogP contribution is 2.33. The second kappa shape index (κ2) is 4.75. The van der Waals surface area contributed by atoms with Crippen LogP contribution in [0.5, 0.6) is 0 Å². The van der Waals surface area contributed by atoms with Gasteiger partial charge in [-0.05, 0) is 49.9 Å². The fourth-order valence-corrected chi connectivity index (χ4v) is 3.12. The van der Waals surface area contributed by atoms with E-state index in [4.69, 9.17) is 4.74 Å². The molecule has 2 aliphatic rings. The van der Waals surface area contributed by atoms with Crippen LogP contribution in [0.3, 0.4) is 0 Å². The molecule has 3 atom stereocenters. The first-order chi connectivity index (χ1) is 8.31. The van der Waals surface area contributed by atoms with Gasteiger partial charge in [-0.3, -0.25) is 9.88 Å². The van der Waals surface area contributed by atoms with Crippen molar-refractivity contribution in [1.82, 2.24) is 9.88 Å². The van der Waals surface area contributed by atoms with Crippen molar-refractivity contribution in [3.8, 4) is 0 Å². The third-order valence-corrected chi connectivity index (χ3v) is 3.98. The highest BCUT2D eigenvalue weighted by atomic mass is 16.5. The van der Waals surface area contributed by atoms with Gasteiger partial charge in [0.15, 0.2) is 0 Å². The molecule has 3 heterocycles. The van der Waals surface area contributed by atoms with E-state index in [-0.39, 0.29) is 0 Å². The summed E-state index contributed by atoms with van der Waals surface area (Å²) in [5.74, 6) is 0.804. The van der Waals surface area contributed by atoms with Gasteiger partial charge in [0.05, 0.1) is 12.2 Å². The number of hydrogen-bond acceptors (Lipinski definition) is 3. The summed E-state index contributed by atoms with van der Waals surface area (Å²) in [5, 5.41) is 0. The fourth-order valence-electron chi connectivity index (χ4n) is 3.12. The van der Waals surface area contributed by atoms with Crippen molar-refractivity contribution in [3.05, 3.63) is 30.1 Å². The molecule has 2 aliphatic heterocycles. The smallest absolute Gasteiger partial charge is 0.0735 e. The molecule has 2 fully saturated rings. The summed E-state index contributed by atoms with van der Waals surface area (Å²) < 4.78 is 5.98. The zero-order valence-corrected chi connectivity index (χ0v) is 10.4. The molecular weight excluding hydrogens is 212 g/mol. The Morgan fingerprint density at radius 2 is 2.24 bits per heavy atom. The molecule has 2 saturated heterocycles. The first-order valence-electron chi connectivity index (χ1n) is 6.58. The summed E-state index contributed by atoms with van der Waals surface area (Å²) >= 11 is 0. The lowest BCUT2D eigenvalue weighted by Crippen LogP contribution is -2.41. The zero-order chi connectivity index (χ0) is 11.7. The Morgan fingerprint density at radius 3 is 3.06 bits per heavy atom. The van der Waals surface area contributed by atoms with Crippen molar-refractivity contribution in [1.29, 1.82) is 0 Å². The predicted octanol–water partition coefficient (Wildman–Crippen LogP) is 2.08. The number of ether oxygens (including phenoxy) is 1. The molecule has 1 aromatic heterocycles. The zero-order valence-electron chi connectivity index (χ0n) is 10.4. The normalized spacial score (nSPS) is 33.6. The van der Waals surface area contributed by atoms with E-state index in [9.17, 15) is 0 Å².